The summed E-state index contributed by atoms with van der Waals surface area (Å²) < 4.78 is 5.42. The summed E-state index contributed by atoms with van der Waals surface area (Å²) in [5.74, 6) is 1.23. The predicted molar refractivity (Wildman–Crippen MR) is 112 cm³/mol. The molecule has 1 heterocycles. The molecule has 0 bridgehead atoms. The summed E-state index contributed by atoms with van der Waals surface area (Å²) in [6, 6.07) is 15.3. The van der Waals surface area contributed by atoms with Gasteiger partial charge in [-0.05, 0) is 61.7 Å². The fourth-order valence-electron chi connectivity index (χ4n) is 3.12. The summed E-state index contributed by atoms with van der Waals surface area (Å²) in [5.41, 5.74) is 1.63. The van der Waals surface area contributed by atoms with Gasteiger partial charge in [-0.1, -0.05) is 12.1 Å². The van der Waals surface area contributed by atoms with E-state index in [1.165, 1.54) is 11.8 Å². The van der Waals surface area contributed by atoms with Crippen molar-refractivity contribution in [3.05, 3.63) is 59.7 Å². The second kappa shape index (κ2) is 10.2. The Kier molecular flexibility index (Phi) is 7.37. The van der Waals surface area contributed by atoms with Crippen LogP contribution in [-0.2, 0) is 11.3 Å². The lowest BCUT2D eigenvalue weighted by Gasteiger charge is -2.15. The van der Waals surface area contributed by atoms with E-state index in [2.05, 4.69) is 5.32 Å². The molecule has 0 aliphatic carbocycles. The zero-order valence-electron chi connectivity index (χ0n) is 16.1. The smallest absolute Gasteiger partial charge is 0.253 e. The van der Waals surface area contributed by atoms with Crippen molar-refractivity contribution < 1.29 is 14.3 Å². The van der Waals surface area contributed by atoms with Crippen LogP contribution in [0.25, 0.3) is 0 Å². The maximum absolute atomic E-state index is 12.5. The quantitative estimate of drug-likeness (QED) is 0.689. The third-order valence-corrected chi connectivity index (χ3v) is 5.57. The van der Waals surface area contributed by atoms with E-state index in [9.17, 15) is 9.59 Å². The fraction of sp³-hybridized carbons (Fsp3) is 0.364. The standard InChI is InChI=1S/C22H26N2O3S/c1-2-27-19-8-10-20(11-9-19)28-16-21(25)23-15-17-6-5-7-18(14-17)22(26)24-12-3-4-13-24/h5-11,14H,2-4,12-13,15-16H2,1H3,(H,23,25). The molecule has 2 aromatic rings. The van der Waals surface area contributed by atoms with Crippen LogP contribution in [-0.4, -0.2) is 42.2 Å². The molecule has 1 saturated heterocycles. The number of carbonyl (C=O) groups is 2. The van der Waals surface area contributed by atoms with Gasteiger partial charge in [0.05, 0.1) is 12.4 Å². The van der Waals surface area contributed by atoms with E-state index in [0.29, 0.717) is 24.5 Å². The topological polar surface area (TPSA) is 58.6 Å². The molecular formula is C22H26N2O3S. The molecule has 1 aliphatic rings. The molecule has 148 valence electrons. The number of nitrogens with zero attached hydrogens (tertiary/aromatic N) is 1. The first-order valence-corrected chi connectivity index (χ1v) is 10.6. The summed E-state index contributed by atoms with van der Waals surface area (Å²) in [7, 11) is 0. The lowest BCUT2D eigenvalue weighted by Crippen LogP contribution is -2.28. The summed E-state index contributed by atoms with van der Waals surface area (Å²) in [5, 5.41) is 2.93. The van der Waals surface area contributed by atoms with Crippen LogP contribution in [0.3, 0.4) is 0 Å². The molecule has 2 amide bonds. The van der Waals surface area contributed by atoms with Crippen molar-refractivity contribution in [2.24, 2.45) is 0 Å². The van der Waals surface area contributed by atoms with Crippen LogP contribution in [0.15, 0.2) is 53.4 Å². The first-order valence-electron chi connectivity index (χ1n) is 9.66. The number of ether oxygens (including phenoxy) is 1. The molecule has 1 aliphatic heterocycles. The van der Waals surface area contributed by atoms with E-state index < -0.39 is 0 Å². The number of thioether (sulfide) groups is 1. The molecule has 5 nitrogen and oxygen atoms in total. The molecule has 1 fully saturated rings. The van der Waals surface area contributed by atoms with Crippen molar-refractivity contribution in [1.82, 2.24) is 10.2 Å². The van der Waals surface area contributed by atoms with Gasteiger partial charge in [-0.2, -0.15) is 0 Å². The monoisotopic (exact) mass is 398 g/mol. The summed E-state index contributed by atoms with van der Waals surface area (Å²) in [6.45, 7) is 4.68. The molecule has 0 spiro atoms. The molecular weight excluding hydrogens is 372 g/mol. The minimum absolute atomic E-state index is 0.0323. The van der Waals surface area contributed by atoms with Crippen molar-refractivity contribution in [3.63, 3.8) is 0 Å². The van der Waals surface area contributed by atoms with Gasteiger partial charge in [0.15, 0.2) is 0 Å². The lowest BCUT2D eigenvalue weighted by atomic mass is 10.1. The Morgan fingerprint density at radius 1 is 1.11 bits per heavy atom. The van der Waals surface area contributed by atoms with Crippen molar-refractivity contribution >= 4 is 23.6 Å². The molecule has 2 aromatic carbocycles. The number of amides is 2. The van der Waals surface area contributed by atoms with E-state index in [-0.39, 0.29) is 11.8 Å². The van der Waals surface area contributed by atoms with Crippen LogP contribution in [0.4, 0.5) is 0 Å². The molecule has 0 atom stereocenters. The summed E-state index contributed by atoms with van der Waals surface area (Å²) in [6.07, 6.45) is 2.15. The van der Waals surface area contributed by atoms with E-state index in [0.717, 1.165) is 42.1 Å². The number of hydrogen-bond donors (Lipinski definition) is 1. The highest BCUT2D eigenvalue weighted by Gasteiger charge is 2.19. The second-order valence-corrected chi connectivity index (χ2v) is 7.72. The van der Waals surface area contributed by atoms with E-state index >= 15 is 0 Å². The Hall–Kier alpha value is -2.47. The number of hydrogen-bond acceptors (Lipinski definition) is 4. The van der Waals surface area contributed by atoms with Gasteiger partial charge in [-0.15, -0.1) is 11.8 Å². The van der Waals surface area contributed by atoms with Crippen molar-refractivity contribution in [2.45, 2.75) is 31.2 Å². The Balaban J connectivity index is 1.46. The number of carbonyl (C=O) groups excluding carboxylic acids is 2. The maximum atomic E-state index is 12.5. The van der Waals surface area contributed by atoms with Gasteiger partial charge in [-0.25, -0.2) is 0 Å². The first kappa shape index (κ1) is 20.3. The minimum Gasteiger partial charge on any atom is -0.494 e. The number of nitrogens with one attached hydrogen (secondary N) is 1. The third-order valence-electron chi connectivity index (χ3n) is 4.56. The molecule has 6 heteroatoms. The van der Waals surface area contributed by atoms with Gasteiger partial charge in [-0.3, -0.25) is 9.59 Å². The minimum atomic E-state index is -0.0323. The predicted octanol–water partition coefficient (Wildman–Crippen LogP) is 3.73. The Morgan fingerprint density at radius 2 is 1.86 bits per heavy atom. The highest BCUT2D eigenvalue weighted by atomic mass is 32.2. The van der Waals surface area contributed by atoms with Crippen LogP contribution in [0.5, 0.6) is 5.75 Å². The summed E-state index contributed by atoms with van der Waals surface area (Å²) in [4.78, 5) is 27.6. The van der Waals surface area contributed by atoms with Gasteiger partial charge in [0.1, 0.15) is 5.75 Å². The van der Waals surface area contributed by atoms with Crippen LogP contribution in [0, 0.1) is 0 Å². The van der Waals surface area contributed by atoms with Crippen molar-refractivity contribution in [3.8, 4) is 5.75 Å². The molecule has 0 aromatic heterocycles. The zero-order valence-corrected chi connectivity index (χ0v) is 17.0. The lowest BCUT2D eigenvalue weighted by molar-refractivity contribution is -0.118. The molecule has 0 saturated carbocycles. The second-order valence-electron chi connectivity index (χ2n) is 6.67. The van der Waals surface area contributed by atoms with Crippen LogP contribution < -0.4 is 10.1 Å². The highest BCUT2D eigenvalue weighted by Crippen LogP contribution is 2.21. The van der Waals surface area contributed by atoms with Crippen LogP contribution >= 0.6 is 11.8 Å². The van der Waals surface area contributed by atoms with Gasteiger partial charge < -0.3 is 15.0 Å². The molecule has 0 unspecified atom stereocenters. The van der Waals surface area contributed by atoms with Crippen molar-refractivity contribution in [1.29, 1.82) is 0 Å². The Morgan fingerprint density at radius 3 is 2.57 bits per heavy atom. The van der Waals surface area contributed by atoms with Gasteiger partial charge in [0.25, 0.3) is 5.91 Å². The molecule has 0 radical (unpaired) electrons. The normalized spacial score (nSPS) is 13.4. The number of likely N-dealkylation sites (tertiary alicyclic amines) is 1. The number of rotatable bonds is 8. The molecule has 1 N–H and O–H groups in total. The SMILES string of the molecule is CCOc1ccc(SCC(=O)NCc2cccc(C(=O)N3CCCC3)c2)cc1. The van der Waals surface area contributed by atoms with Crippen LogP contribution in [0.2, 0.25) is 0 Å². The van der Waals surface area contributed by atoms with Gasteiger partial charge >= 0.3 is 0 Å². The average molecular weight is 399 g/mol. The summed E-state index contributed by atoms with van der Waals surface area (Å²) >= 11 is 1.49. The van der Waals surface area contributed by atoms with Gasteiger partial charge in [0.2, 0.25) is 5.91 Å². The van der Waals surface area contributed by atoms with E-state index in [1.807, 2.05) is 60.4 Å². The average Bonchev–Trinajstić information content (AvgIpc) is 3.26. The Labute approximate surface area is 170 Å². The molecule has 28 heavy (non-hydrogen) atoms. The fourth-order valence-corrected chi connectivity index (χ4v) is 3.84. The number of benzene rings is 2. The van der Waals surface area contributed by atoms with Gasteiger partial charge in [0, 0.05) is 30.1 Å². The van der Waals surface area contributed by atoms with Crippen LogP contribution in [0.1, 0.15) is 35.7 Å². The largest absolute Gasteiger partial charge is 0.494 e. The Bertz CT molecular complexity index is 802. The molecule has 3 rings (SSSR count). The van der Waals surface area contributed by atoms with E-state index in [1.54, 1.807) is 0 Å². The highest BCUT2D eigenvalue weighted by molar-refractivity contribution is 8.00. The third kappa shape index (κ3) is 5.76. The maximum Gasteiger partial charge on any atom is 0.253 e. The van der Waals surface area contributed by atoms with E-state index in [4.69, 9.17) is 4.74 Å². The first-order chi connectivity index (χ1) is 13.7. The zero-order chi connectivity index (χ0) is 19.8. The van der Waals surface area contributed by atoms with Crippen molar-refractivity contribution in [2.75, 3.05) is 25.4 Å².